The summed E-state index contributed by atoms with van der Waals surface area (Å²) in [5.41, 5.74) is 1.30. The van der Waals surface area contributed by atoms with Gasteiger partial charge in [-0.15, -0.1) is 0 Å². The molecule has 0 N–H and O–H groups in total. The Hall–Kier alpha value is -0.830. The lowest BCUT2D eigenvalue weighted by Crippen LogP contribution is -2.52. The number of piperidine rings is 1. The third-order valence-electron chi connectivity index (χ3n) is 5.72. The molecule has 0 radical (unpaired) electrons. The van der Waals surface area contributed by atoms with Gasteiger partial charge in [0.2, 0.25) is 5.91 Å². The van der Waals surface area contributed by atoms with Crippen molar-refractivity contribution in [2.45, 2.75) is 77.4 Å². The van der Waals surface area contributed by atoms with Crippen LogP contribution in [0.15, 0.2) is 11.6 Å². The number of likely N-dealkylation sites (tertiary alicyclic amines) is 2. The number of amides is 1. The zero-order chi connectivity index (χ0) is 15.0. The van der Waals surface area contributed by atoms with Crippen LogP contribution in [0, 0.1) is 5.92 Å². The first-order chi connectivity index (χ1) is 10.1. The number of hydrogen-bond donors (Lipinski definition) is 0. The van der Waals surface area contributed by atoms with Crippen LogP contribution in [0.2, 0.25) is 0 Å². The maximum absolute atomic E-state index is 12.5. The molecule has 0 bridgehead atoms. The van der Waals surface area contributed by atoms with E-state index < -0.39 is 0 Å². The molecule has 0 aromatic carbocycles. The zero-order valence-corrected chi connectivity index (χ0v) is 13.8. The minimum absolute atomic E-state index is 0.253. The van der Waals surface area contributed by atoms with Crippen LogP contribution in [-0.2, 0) is 4.79 Å². The molecule has 1 amide bonds. The Morgan fingerprint density at radius 2 is 1.71 bits per heavy atom. The maximum Gasteiger partial charge on any atom is 0.246 e. The highest BCUT2D eigenvalue weighted by Crippen LogP contribution is 2.36. The standard InChI is InChI=1S/C18H30N2O/c1-13(16-8-9-16)11-18(21)19-10-4-5-17(12-19)20-14(2)6-7-15(20)3/h11,14-17H,4-10,12H2,1-3H3. The molecule has 3 atom stereocenters. The van der Waals surface area contributed by atoms with Crippen LogP contribution in [0.25, 0.3) is 0 Å². The van der Waals surface area contributed by atoms with Crippen molar-refractivity contribution in [1.29, 1.82) is 0 Å². The summed E-state index contributed by atoms with van der Waals surface area (Å²) in [7, 11) is 0. The van der Waals surface area contributed by atoms with Gasteiger partial charge in [-0.3, -0.25) is 9.69 Å². The average molecular weight is 290 g/mol. The van der Waals surface area contributed by atoms with E-state index in [0.29, 0.717) is 24.0 Å². The zero-order valence-electron chi connectivity index (χ0n) is 13.8. The van der Waals surface area contributed by atoms with Gasteiger partial charge in [-0.05, 0) is 65.2 Å². The Morgan fingerprint density at radius 1 is 1.05 bits per heavy atom. The third kappa shape index (κ3) is 3.33. The minimum Gasteiger partial charge on any atom is -0.338 e. The molecule has 0 aromatic heterocycles. The van der Waals surface area contributed by atoms with E-state index in [9.17, 15) is 4.79 Å². The lowest BCUT2D eigenvalue weighted by molar-refractivity contribution is -0.128. The normalized spacial score (nSPS) is 35.3. The van der Waals surface area contributed by atoms with E-state index in [0.717, 1.165) is 19.5 Å². The molecular formula is C18H30N2O. The molecule has 3 unspecified atom stereocenters. The molecule has 0 aromatic rings. The van der Waals surface area contributed by atoms with Crippen molar-refractivity contribution in [3.63, 3.8) is 0 Å². The van der Waals surface area contributed by atoms with Crippen LogP contribution >= 0.6 is 0 Å². The van der Waals surface area contributed by atoms with E-state index >= 15 is 0 Å². The molecular weight excluding hydrogens is 260 g/mol. The summed E-state index contributed by atoms with van der Waals surface area (Å²) >= 11 is 0. The molecule has 3 nitrogen and oxygen atoms in total. The summed E-state index contributed by atoms with van der Waals surface area (Å²) in [5, 5.41) is 0. The summed E-state index contributed by atoms with van der Waals surface area (Å²) in [6.45, 7) is 8.70. The van der Waals surface area contributed by atoms with Gasteiger partial charge in [0, 0.05) is 37.3 Å². The highest BCUT2D eigenvalue weighted by atomic mass is 16.2. The molecule has 1 saturated carbocycles. The van der Waals surface area contributed by atoms with Gasteiger partial charge in [-0.25, -0.2) is 0 Å². The van der Waals surface area contributed by atoms with E-state index in [1.54, 1.807) is 0 Å². The van der Waals surface area contributed by atoms with Gasteiger partial charge < -0.3 is 4.90 Å². The van der Waals surface area contributed by atoms with E-state index in [-0.39, 0.29) is 5.91 Å². The second-order valence-electron chi connectivity index (χ2n) is 7.47. The lowest BCUT2D eigenvalue weighted by Gasteiger charge is -2.41. The molecule has 2 heterocycles. The van der Waals surface area contributed by atoms with Crippen LogP contribution in [-0.4, -0.2) is 46.9 Å². The lowest BCUT2D eigenvalue weighted by atomic mass is 10.0. The van der Waals surface area contributed by atoms with Gasteiger partial charge in [0.25, 0.3) is 0 Å². The summed E-state index contributed by atoms with van der Waals surface area (Å²) in [5.74, 6) is 0.955. The van der Waals surface area contributed by atoms with Gasteiger partial charge in [0.15, 0.2) is 0 Å². The third-order valence-corrected chi connectivity index (χ3v) is 5.72. The monoisotopic (exact) mass is 290 g/mol. The van der Waals surface area contributed by atoms with Crippen LogP contribution in [0.4, 0.5) is 0 Å². The van der Waals surface area contributed by atoms with Crippen LogP contribution in [0.3, 0.4) is 0 Å². The average Bonchev–Trinajstić information content (AvgIpc) is 3.25. The number of allylic oxidation sites excluding steroid dienone is 1. The van der Waals surface area contributed by atoms with E-state index in [2.05, 4.69) is 30.6 Å². The van der Waals surface area contributed by atoms with E-state index in [4.69, 9.17) is 0 Å². The second kappa shape index (κ2) is 6.12. The van der Waals surface area contributed by atoms with Crippen LogP contribution in [0.1, 0.15) is 59.3 Å². The van der Waals surface area contributed by atoms with Gasteiger partial charge >= 0.3 is 0 Å². The number of hydrogen-bond acceptors (Lipinski definition) is 2. The minimum atomic E-state index is 0.253. The fourth-order valence-corrected chi connectivity index (χ4v) is 4.28. The topological polar surface area (TPSA) is 23.6 Å². The first-order valence-electron chi connectivity index (χ1n) is 8.80. The Morgan fingerprint density at radius 3 is 2.33 bits per heavy atom. The van der Waals surface area contributed by atoms with Crippen molar-refractivity contribution in [2.24, 2.45) is 5.92 Å². The summed E-state index contributed by atoms with van der Waals surface area (Å²) in [4.78, 5) is 17.3. The fourth-order valence-electron chi connectivity index (χ4n) is 4.28. The molecule has 118 valence electrons. The van der Waals surface area contributed by atoms with Gasteiger partial charge in [-0.1, -0.05) is 5.57 Å². The number of rotatable bonds is 3. The molecule has 2 aliphatic heterocycles. The SMILES string of the molecule is CC(=CC(=O)N1CCCC(N2C(C)CCC2C)C1)C1CC1. The van der Waals surface area contributed by atoms with E-state index in [1.807, 2.05) is 6.08 Å². The molecule has 3 aliphatic rings. The van der Waals surface area contributed by atoms with E-state index in [1.165, 1.54) is 37.7 Å². The Balaban J connectivity index is 1.62. The first-order valence-corrected chi connectivity index (χ1v) is 8.80. The maximum atomic E-state index is 12.5. The summed E-state index contributed by atoms with van der Waals surface area (Å²) in [6, 6.07) is 1.94. The van der Waals surface area contributed by atoms with Crippen molar-refractivity contribution >= 4 is 5.91 Å². The Kier molecular flexibility index (Phi) is 4.39. The number of carbonyl (C=O) groups excluding carboxylic acids is 1. The van der Waals surface area contributed by atoms with Gasteiger partial charge in [-0.2, -0.15) is 0 Å². The number of nitrogens with zero attached hydrogens (tertiary/aromatic N) is 2. The van der Waals surface area contributed by atoms with Crippen molar-refractivity contribution in [2.75, 3.05) is 13.1 Å². The highest BCUT2D eigenvalue weighted by Gasteiger charge is 2.36. The second-order valence-corrected chi connectivity index (χ2v) is 7.47. The highest BCUT2D eigenvalue weighted by molar-refractivity contribution is 5.88. The molecule has 21 heavy (non-hydrogen) atoms. The Bertz CT molecular complexity index is 417. The van der Waals surface area contributed by atoms with Gasteiger partial charge in [0.05, 0.1) is 0 Å². The molecule has 1 aliphatic carbocycles. The molecule has 0 spiro atoms. The quantitative estimate of drug-likeness (QED) is 0.745. The smallest absolute Gasteiger partial charge is 0.246 e. The van der Waals surface area contributed by atoms with Crippen molar-refractivity contribution in [1.82, 2.24) is 9.80 Å². The van der Waals surface area contributed by atoms with Crippen LogP contribution < -0.4 is 0 Å². The van der Waals surface area contributed by atoms with Crippen LogP contribution in [0.5, 0.6) is 0 Å². The van der Waals surface area contributed by atoms with Gasteiger partial charge in [0.1, 0.15) is 0 Å². The fraction of sp³-hybridized carbons (Fsp3) is 0.833. The molecule has 3 rings (SSSR count). The first kappa shape index (κ1) is 15.1. The Labute approximate surface area is 129 Å². The summed E-state index contributed by atoms with van der Waals surface area (Å²) < 4.78 is 0. The molecule has 3 fully saturated rings. The van der Waals surface area contributed by atoms with Crippen molar-refractivity contribution < 1.29 is 4.79 Å². The predicted octanol–water partition coefficient (Wildman–Crippen LogP) is 3.21. The predicted molar refractivity (Wildman–Crippen MR) is 86.1 cm³/mol. The molecule has 2 saturated heterocycles. The molecule has 3 heteroatoms. The van der Waals surface area contributed by atoms with Crippen molar-refractivity contribution in [3.05, 3.63) is 11.6 Å². The number of carbonyl (C=O) groups is 1. The largest absolute Gasteiger partial charge is 0.338 e. The summed E-state index contributed by atoms with van der Waals surface area (Å²) in [6.07, 6.45) is 9.50. The van der Waals surface area contributed by atoms with Crippen molar-refractivity contribution in [3.8, 4) is 0 Å².